The zero-order chi connectivity index (χ0) is 12.3. The van der Waals surface area contributed by atoms with Crippen molar-refractivity contribution in [1.29, 1.82) is 0 Å². The molecule has 0 bridgehead atoms. The molecule has 1 fully saturated rings. The van der Waals surface area contributed by atoms with Gasteiger partial charge in [0.2, 0.25) is 0 Å². The summed E-state index contributed by atoms with van der Waals surface area (Å²) in [7, 11) is 0. The number of piperazine rings is 1. The zero-order valence-corrected chi connectivity index (χ0v) is 11.5. The molecule has 1 atom stereocenters. The highest BCUT2D eigenvalue weighted by atomic mass is 35.5. The zero-order valence-electron chi connectivity index (χ0n) is 9.97. The van der Waals surface area contributed by atoms with Gasteiger partial charge < -0.3 is 15.5 Å². The lowest BCUT2D eigenvalue weighted by molar-refractivity contribution is 0.111. The van der Waals surface area contributed by atoms with Crippen LogP contribution >= 0.6 is 24.0 Å². The van der Waals surface area contributed by atoms with Gasteiger partial charge in [0.1, 0.15) is 5.75 Å². The van der Waals surface area contributed by atoms with Crippen LogP contribution in [0.1, 0.15) is 11.6 Å². The quantitative estimate of drug-likeness (QED) is 0.788. The average molecular weight is 293 g/mol. The fourth-order valence-corrected chi connectivity index (χ4v) is 2.34. The largest absolute Gasteiger partial charge is 0.506 e. The third-order valence-corrected chi connectivity index (χ3v) is 3.42. The van der Waals surface area contributed by atoms with Gasteiger partial charge in [-0.15, -0.1) is 12.4 Å². The molecule has 102 valence electrons. The maximum absolute atomic E-state index is 9.52. The van der Waals surface area contributed by atoms with E-state index in [9.17, 15) is 10.2 Å². The number of phenolic OH excluding ortho intramolecular Hbond substituents is 1. The lowest BCUT2D eigenvalue weighted by Crippen LogP contribution is -2.46. The van der Waals surface area contributed by atoms with Crippen molar-refractivity contribution in [2.75, 3.05) is 32.8 Å². The number of aliphatic hydroxyl groups excluding tert-OH is 1. The van der Waals surface area contributed by atoms with Gasteiger partial charge >= 0.3 is 0 Å². The van der Waals surface area contributed by atoms with Gasteiger partial charge in [-0.2, -0.15) is 0 Å². The van der Waals surface area contributed by atoms with E-state index in [0.717, 1.165) is 31.7 Å². The highest BCUT2D eigenvalue weighted by molar-refractivity contribution is 6.32. The standard InChI is InChI=1S/C12H17ClN2O2.ClH/c13-10-7-9(1-2-12(10)17)11(8-16)15-5-3-14-4-6-15;/h1-2,7,11,14,16-17H,3-6,8H2;1H/t11-;/m0./s1. The Morgan fingerprint density at radius 3 is 2.56 bits per heavy atom. The molecule has 1 aliphatic rings. The van der Waals surface area contributed by atoms with Crippen molar-refractivity contribution in [2.45, 2.75) is 6.04 Å². The SMILES string of the molecule is Cl.OC[C@@H](c1ccc(O)c(Cl)c1)N1CCNCC1. The van der Waals surface area contributed by atoms with E-state index in [1.54, 1.807) is 12.1 Å². The number of nitrogens with one attached hydrogen (secondary N) is 1. The van der Waals surface area contributed by atoms with E-state index in [-0.39, 0.29) is 30.8 Å². The molecule has 0 saturated carbocycles. The van der Waals surface area contributed by atoms with Crippen LogP contribution in [0.4, 0.5) is 0 Å². The first-order chi connectivity index (χ1) is 8.22. The molecule has 0 radical (unpaired) electrons. The summed E-state index contributed by atoms with van der Waals surface area (Å²) in [6.45, 7) is 3.74. The first-order valence-electron chi connectivity index (χ1n) is 5.76. The van der Waals surface area contributed by atoms with Crippen LogP contribution in [0.25, 0.3) is 0 Å². The van der Waals surface area contributed by atoms with E-state index < -0.39 is 0 Å². The van der Waals surface area contributed by atoms with Crippen molar-refractivity contribution in [1.82, 2.24) is 10.2 Å². The summed E-state index contributed by atoms with van der Waals surface area (Å²) in [5.41, 5.74) is 0.942. The number of aromatic hydroxyl groups is 1. The Hall–Kier alpha value is -0.520. The fourth-order valence-electron chi connectivity index (χ4n) is 2.16. The Morgan fingerprint density at radius 2 is 2.00 bits per heavy atom. The van der Waals surface area contributed by atoms with Crippen LogP contribution in [-0.4, -0.2) is 47.9 Å². The first kappa shape index (κ1) is 15.5. The number of aliphatic hydroxyl groups is 1. The Morgan fingerprint density at radius 1 is 1.33 bits per heavy atom. The molecule has 1 aromatic carbocycles. The van der Waals surface area contributed by atoms with Gasteiger partial charge in [-0.25, -0.2) is 0 Å². The Bertz CT molecular complexity index is 384. The van der Waals surface area contributed by atoms with Crippen LogP contribution in [0.3, 0.4) is 0 Å². The second-order valence-corrected chi connectivity index (χ2v) is 4.60. The molecule has 0 aromatic heterocycles. The highest BCUT2D eigenvalue weighted by Gasteiger charge is 2.21. The van der Waals surface area contributed by atoms with Crippen LogP contribution in [0.2, 0.25) is 5.02 Å². The lowest BCUT2D eigenvalue weighted by Gasteiger charge is -2.34. The summed E-state index contributed by atoms with van der Waals surface area (Å²) in [6, 6.07) is 5.06. The number of rotatable bonds is 3. The minimum atomic E-state index is -0.0461. The summed E-state index contributed by atoms with van der Waals surface area (Å²) in [5.74, 6) is 0.0763. The van der Waals surface area contributed by atoms with Gasteiger partial charge in [0.15, 0.2) is 0 Å². The van der Waals surface area contributed by atoms with Crippen molar-refractivity contribution in [3.05, 3.63) is 28.8 Å². The molecule has 0 spiro atoms. The van der Waals surface area contributed by atoms with E-state index in [4.69, 9.17) is 11.6 Å². The van der Waals surface area contributed by atoms with Gasteiger partial charge in [-0.05, 0) is 17.7 Å². The molecule has 0 unspecified atom stereocenters. The molecule has 1 saturated heterocycles. The molecule has 18 heavy (non-hydrogen) atoms. The third-order valence-electron chi connectivity index (χ3n) is 3.12. The van der Waals surface area contributed by atoms with Crippen LogP contribution in [-0.2, 0) is 0 Å². The Balaban J connectivity index is 0.00000162. The topological polar surface area (TPSA) is 55.7 Å². The van der Waals surface area contributed by atoms with Crippen molar-refractivity contribution >= 4 is 24.0 Å². The molecule has 4 nitrogen and oxygen atoms in total. The van der Waals surface area contributed by atoms with Crippen molar-refractivity contribution < 1.29 is 10.2 Å². The number of nitrogens with zero attached hydrogens (tertiary/aromatic N) is 1. The molecule has 0 aliphatic carbocycles. The second kappa shape index (κ2) is 7.16. The van der Waals surface area contributed by atoms with Crippen molar-refractivity contribution in [3.63, 3.8) is 0 Å². The fraction of sp³-hybridized carbons (Fsp3) is 0.500. The summed E-state index contributed by atoms with van der Waals surface area (Å²) >= 11 is 5.89. The minimum absolute atomic E-state index is 0. The van der Waals surface area contributed by atoms with Gasteiger partial charge in [0.25, 0.3) is 0 Å². The first-order valence-corrected chi connectivity index (χ1v) is 6.14. The maximum atomic E-state index is 9.52. The van der Waals surface area contributed by atoms with E-state index in [1.165, 1.54) is 0 Å². The molecular weight excluding hydrogens is 275 g/mol. The molecule has 3 N–H and O–H groups in total. The van der Waals surface area contributed by atoms with Gasteiger partial charge in [0, 0.05) is 26.2 Å². The normalized spacial score (nSPS) is 18.1. The summed E-state index contributed by atoms with van der Waals surface area (Å²) in [6.07, 6.45) is 0. The maximum Gasteiger partial charge on any atom is 0.134 e. The van der Waals surface area contributed by atoms with Crippen LogP contribution < -0.4 is 5.32 Å². The molecule has 2 rings (SSSR count). The summed E-state index contributed by atoms with van der Waals surface area (Å²) < 4.78 is 0. The predicted octanol–water partition coefficient (Wildman–Crippen LogP) is 1.41. The number of halogens is 2. The molecule has 0 amide bonds. The average Bonchev–Trinajstić information content (AvgIpc) is 2.36. The van der Waals surface area contributed by atoms with Crippen LogP contribution in [0, 0.1) is 0 Å². The lowest BCUT2D eigenvalue weighted by atomic mass is 10.1. The number of hydrogen-bond acceptors (Lipinski definition) is 4. The van der Waals surface area contributed by atoms with E-state index >= 15 is 0 Å². The van der Waals surface area contributed by atoms with Gasteiger partial charge in [0.05, 0.1) is 17.7 Å². The summed E-state index contributed by atoms with van der Waals surface area (Å²) in [5, 5.41) is 22.5. The predicted molar refractivity (Wildman–Crippen MR) is 74.6 cm³/mol. The Labute approximate surface area is 118 Å². The van der Waals surface area contributed by atoms with E-state index in [0.29, 0.717) is 5.02 Å². The number of hydrogen-bond donors (Lipinski definition) is 3. The molecular formula is C12H18Cl2N2O2. The molecule has 6 heteroatoms. The summed E-state index contributed by atoms with van der Waals surface area (Å²) in [4.78, 5) is 2.22. The number of benzene rings is 1. The Kier molecular flexibility index (Phi) is 6.18. The van der Waals surface area contributed by atoms with Gasteiger partial charge in [-0.1, -0.05) is 17.7 Å². The van der Waals surface area contributed by atoms with Crippen molar-refractivity contribution in [2.24, 2.45) is 0 Å². The van der Waals surface area contributed by atoms with Crippen molar-refractivity contribution in [3.8, 4) is 5.75 Å². The van der Waals surface area contributed by atoms with Crippen LogP contribution in [0.15, 0.2) is 18.2 Å². The molecule has 1 heterocycles. The highest BCUT2D eigenvalue weighted by Crippen LogP contribution is 2.29. The third kappa shape index (κ3) is 3.49. The van der Waals surface area contributed by atoms with E-state index in [1.807, 2.05) is 6.07 Å². The molecule has 1 aromatic rings. The number of phenols is 1. The van der Waals surface area contributed by atoms with E-state index in [2.05, 4.69) is 10.2 Å². The van der Waals surface area contributed by atoms with Crippen LogP contribution in [0.5, 0.6) is 5.75 Å². The minimum Gasteiger partial charge on any atom is -0.506 e. The van der Waals surface area contributed by atoms with Gasteiger partial charge in [-0.3, -0.25) is 4.90 Å². The second-order valence-electron chi connectivity index (χ2n) is 4.20. The molecule has 1 aliphatic heterocycles. The smallest absolute Gasteiger partial charge is 0.134 e. The monoisotopic (exact) mass is 292 g/mol.